The molecule has 0 amide bonds. The van der Waals surface area contributed by atoms with Gasteiger partial charge in [0.25, 0.3) is 0 Å². The first-order valence-corrected chi connectivity index (χ1v) is 16.9. The molecular weight excluding hydrogens is 695 g/mol. The van der Waals surface area contributed by atoms with Crippen LogP contribution in [0.15, 0.2) is 36.4 Å². The van der Waals surface area contributed by atoms with Crippen LogP contribution in [0.25, 0.3) is 0 Å². The Morgan fingerprint density at radius 1 is 0.600 bits per heavy atom. The van der Waals surface area contributed by atoms with E-state index in [2.05, 4.69) is 91.8 Å². The summed E-state index contributed by atoms with van der Waals surface area (Å²) in [6.45, 7) is 24.2. The normalized spacial score (nSPS) is 19.8. The molecule has 2 aliphatic rings. The van der Waals surface area contributed by atoms with Gasteiger partial charge in [0.15, 0.2) is 11.6 Å². The summed E-state index contributed by atoms with van der Waals surface area (Å²) in [6.07, 6.45) is 8.35. The average molecular weight is 758 g/mol. The lowest BCUT2D eigenvalue weighted by Crippen LogP contribution is -3.00. The van der Waals surface area contributed by atoms with Gasteiger partial charge in [-0.05, 0) is 114 Å². The number of Topliss-reactive ketones (excluding diaryl/α,β-unsaturated/α-hetero) is 2. The second-order valence-electron chi connectivity index (χ2n) is 13.2. The van der Waals surface area contributed by atoms with Crippen LogP contribution >= 0.6 is 12.4 Å². The molecule has 0 spiro atoms. The zero-order chi connectivity index (χ0) is 30.9. The van der Waals surface area contributed by atoms with E-state index < -0.39 is 0 Å². The van der Waals surface area contributed by atoms with Crippen molar-refractivity contribution >= 4 is 24.0 Å². The van der Waals surface area contributed by atoms with Gasteiger partial charge in [-0.25, -0.2) is 0 Å². The number of benzene rings is 2. The Kier molecular flexibility index (Phi) is 19.5. The summed E-state index contributed by atoms with van der Waals surface area (Å²) < 4.78 is 2.01. The first-order chi connectivity index (χ1) is 20.1. The maximum atomic E-state index is 13.0. The minimum atomic E-state index is 0. The van der Waals surface area contributed by atoms with Crippen molar-refractivity contribution in [2.24, 2.45) is 0 Å². The van der Waals surface area contributed by atoms with E-state index in [9.17, 15) is 9.59 Å². The van der Waals surface area contributed by atoms with Gasteiger partial charge in [0.1, 0.15) is 12.1 Å². The van der Waals surface area contributed by atoms with Crippen molar-refractivity contribution in [3.8, 4) is 0 Å². The summed E-state index contributed by atoms with van der Waals surface area (Å²) in [5.74, 6) is 0.909. The van der Waals surface area contributed by atoms with E-state index in [1.54, 1.807) is 0 Å². The first-order valence-electron chi connectivity index (χ1n) is 16.9. The third-order valence-corrected chi connectivity index (χ3v) is 11.2. The van der Waals surface area contributed by atoms with E-state index in [-0.39, 0.29) is 53.9 Å². The van der Waals surface area contributed by atoms with Crippen LogP contribution in [0, 0.1) is 27.7 Å². The molecule has 2 atom stereocenters. The number of aryl methyl sites for hydroxylation is 4. The van der Waals surface area contributed by atoms with Crippen molar-refractivity contribution in [2.75, 3.05) is 39.3 Å². The van der Waals surface area contributed by atoms with Gasteiger partial charge in [0.2, 0.25) is 0 Å². The number of ketones is 2. The molecule has 2 fully saturated rings. The fourth-order valence-electron chi connectivity index (χ4n) is 8.12. The smallest absolute Gasteiger partial charge is 0.194 e. The summed E-state index contributed by atoms with van der Waals surface area (Å²) in [4.78, 5) is 26.0. The molecule has 2 saturated heterocycles. The van der Waals surface area contributed by atoms with Crippen molar-refractivity contribution in [3.63, 3.8) is 0 Å². The van der Waals surface area contributed by atoms with Gasteiger partial charge < -0.3 is 38.4 Å². The SMILES string of the molecule is CC[N+]1(CC)CCCCC1C(=O)Cc1c(C)cccc1C.CC[N+]1(CC)CCCCC1C(=O)Cc1c(C)cccc1C.Cl.O.[I-]. The highest BCUT2D eigenvalue weighted by Crippen LogP contribution is 2.29. The molecule has 0 saturated carbocycles. The highest BCUT2D eigenvalue weighted by molar-refractivity contribution is 5.86. The fourth-order valence-corrected chi connectivity index (χ4v) is 8.12. The molecule has 0 bridgehead atoms. The number of quaternary nitrogens is 2. The molecule has 0 aromatic heterocycles. The maximum absolute atomic E-state index is 13.0. The summed E-state index contributed by atoms with van der Waals surface area (Å²) in [6, 6.07) is 13.1. The fraction of sp³-hybridized carbons (Fsp3) is 0.632. The molecule has 5 nitrogen and oxygen atoms in total. The number of rotatable bonds is 10. The van der Waals surface area contributed by atoms with Crippen LogP contribution in [0.1, 0.15) is 99.6 Å². The quantitative estimate of drug-likeness (QED) is 0.269. The van der Waals surface area contributed by atoms with Gasteiger partial charge in [-0.3, -0.25) is 9.59 Å². The number of piperidine rings is 2. The summed E-state index contributed by atoms with van der Waals surface area (Å²) in [5, 5.41) is 0. The number of nitrogens with zero attached hydrogens (tertiary/aromatic N) is 2. The molecule has 2 heterocycles. The highest BCUT2D eigenvalue weighted by Gasteiger charge is 2.42. The average Bonchev–Trinajstić information content (AvgIpc) is 3.00. The van der Waals surface area contributed by atoms with Crippen molar-refractivity contribution in [1.29, 1.82) is 0 Å². The second kappa shape index (κ2) is 20.1. The van der Waals surface area contributed by atoms with Crippen LogP contribution in [0.5, 0.6) is 0 Å². The molecule has 2 aliphatic heterocycles. The first kappa shape index (κ1) is 43.7. The summed E-state index contributed by atoms with van der Waals surface area (Å²) in [5.41, 5.74) is 7.52. The molecule has 4 rings (SSSR count). The van der Waals surface area contributed by atoms with Crippen LogP contribution in [0.3, 0.4) is 0 Å². The molecule has 0 radical (unpaired) electrons. The number of likely N-dealkylation sites (tertiary alicyclic amines) is 2. The maximum Gasteiger partial charge on any atom is 0.194 e. The van der Waals surface area contributed by atoms with Crippen molar-refractivity contribution in [1.82, 2.24) is 0 Å². The van der Waals surface area contributed by atoms with Crippen LogP contribution < -0.4 is 24.0 Å². The van der Waals surface area contributed by atoms with E-state index in [1.165, 1.54) is 72.2 Å². The minimum Gasteiger partial charge on any atom is -1.00 e. The highest BCUT2D eigenvalue weighted by atomic mass is 127. The minimum absolute atomic E-state index is 0. The van der Waals surface area contributed by atoms with E-state index >= 15 is 0 Å². The van der Waals surface area contributed by atoms with Crippen molar-refractivity contribution in [3.05, 3.63) is 69.8 Å². The topological polar surface area (TPSA) is 65.6 Å². The van der Waals surface area contributed by atoms with Crippen LogP contribution in [0.4, 0.5) is 0 Å². The molecule has 7 heteroatoms. The Bertz CT molecular complexity index is 1080. The number of likely N-dealkylation sites (N-methyl/N-ethyl adjacent to an activating group) is 2. The molecule has 2 unspecified atom stereocenters. The molecule has 2 N–H and O–H groups in total. The molecule has 256 valence electrons. The number of hydrogen-bond donors (Lipinski definition) is 0. The Morgan fingerprint density at radius 2 is 0.889 bits per heavy atom. The van der Waals surface area contributed by atoms with E-state index in [4.69, 9.17) is 0 Å². The Morgan fingerprint density at radius 3 is 1.16 bits per heavy atom. The van der Waals surface area contributed by atoms with Crippen LogP contribution in [-0.4, -0.2) is 77.4 Å². The van der Waals surface area contributed by atoms with Gasteiger partial charge >= 0.3 is 0 Å². The Hall–Kier alpha value is -1.32. The van der Waals surface area contributed by atoms with Crippen molar-refractivity contribution in [2.45, 2.75) is 119 Å². The molecule has 2 aromatic rings. The van der Waals surface area contributed by atoms with Crippen molar-refractivity contribution < 1.29 is 48.0 Å². The zero-order valence-corrected chi connectivity index (χ0v) is 32.5. The van der Waals surface area contributed by atoms with Crippen LogP contribution in [0.2, 0.25) is 0 Å². The largest absolute Gasteiger partial charge is 1.00 e. The predicted octanol–water partition coefficient (Wildman–Crippen LogP) is 4.25. The lowest BCUT2D eigenvalue weighted by atomic mass is 9.89. The Balaban J connectivity index is 0.000000807. The molecule has 45 heavy (non-hydrogen) atoms. The Labute approximate surface area is 298 Å². The van der Waals surface area contributed by atoms with E-state index in [1.807, 2.05) is 0 Å². The summed E-state index contributed by atoms with van der Waals surface area (Å²) >= 11 is 0. The lowest BCUT2D eigenvalue weighted by Gasteiger charge is -2.46. The monoisotopic (exact) mass is 757 g/mol. The standard InChI is InChI=1S/2C19H30NO.ClH.HI.H2O/c2*1-5-20(6-2)13-8-7-12-18(20)19(21)14-17-15(3)10-9-11-16(17)4;;;/h2*9-11,18H,5-8,12-14H2,1-4H3;2*1H;1H2/q2*+1;;;/p-1. The van der Waals surface area contributed by atoms with Gasteiger partial charge in [-0.15, -0.1) is 12.4 Å². The van der Waals surface area contributed by atoms with Gasteiger partial charge in [0, 0.05) is 25.7 Å². The summed E-state index contributed by atoms with van der Waals surface area (Å²) in [7, 11) is 0. The number of halogens is 2. The van der Waals surface area contributed by atoms with Crippen LogP contribution in [-0.2, 0) is 22.4 Å². The van der Waals surface area contributed by atoms with Gasteiger partial charge in [-0.1, -0.05) is 36.4 Å². The third kappa shape index (κ3) is 10.3. The van der Waals surface area contributed by atoms with Gasteiger partial charge in [0.05, 0.1) is 39.3 Å². The zero-order valence-electron chi connectivity index (χ0n) is 29.5. The lowest BCUT2D eigenvalue weighted by molar-refractivity contribution is -0.944. The van der Waals surface area contributed by atoms with E-state index in [0.717, 1.165) is 48.0 Å². The molecule has 0 aliphatic carbocycles. The van der Waals surface area contributed by atoms with E-state index in [0.29, 0.717) is 24.4 Å². The number of hydrogen-bond acceptors (Lipinski definition) is 2. The molecular formula is C38H63ClIN2O3+. The second-order valence-corrected chi connectivity index (χ2v) is 13.2. The third-order valence-electron chi connectivity index (χ3n) is 11.2. The number of carbonyl (C=O) groups excluding carboxylic acids is 2. The molecule has 2 aromatic carbocycles. The predicted molar refractivity (Wildman–Crippen MR) is 188 cm³/mol. The number of carbonyl (C=O) groups is 2. The van der Waals surface area contributed by atoms with Gasteiger partial charge in [-0.2, -0.15) is 0 Å².